The van der Waals surface area contributed by atoms with Gasteiger partial charge in [0.1, 0.15) is 13.0 Å². The predicted molar refractivity (Wildman–Crippen MR) is 109 cm³/mol. The van der Waals surface area contributed by atoms with Crippen molar-refractivity contribution < 1.29 is 19.1 Å². The highest BCUT2D eigenvalue weighted by molar-refractivity contribution is 5.97. The first-order valence-corrected chi connectivity index (χ1v) is 9.74. The summed E-state index contributed by atoms with van der Waals surface area (Å²) in [6.07, 6.45) is 8.37. The zero-order chi connectivity index (χ0) is 20.2. The molecule has 1 aromatic rings. The average Bonchev–Trinajstić information content (AvgIpc) is 2.68. The molecular weight excluding hydrogens is 358 g/mol. The Labute approximate surface area is 166 Å². The number of carbonyl (C=O) groups excluding carboxylic acids is 2. The molecule has 0 aliphatic heterocycles. The van der Waals surface area contributed by atoms with E-state index in [-0.39, 0.29) is 18.4 Å². The van der Waals surface area contributed by atoms with E-state index in [4.69, 9.17) is 9.47 Å². The first-order chi connectivity index (χ1) is 13.6. The minimum atomic E-state index is -0.444. The topological polar surface area (TPSA) is 89.0 Å². The third-order valence-electron chi connectivity index (χ3n) is 4.32. The van der Waals surface area contributed by atoms with Crippen LogP contribution < -0.4 is 20.2 Å². The number of ether oxygens (including phenoxy) is 2. The molecule has 0 aromatic heterocycles. The third kappa shape index (κ3) is 7.42. The Bertz CT molecular complexity index is 697. The molecule has 1 fully saturated rings. The van der Waals surface area contributed by atoms with Gasteiger partial charge in [-0.15, -0.1) is 0 Å². The van der Waals surface area contributed by atoms with Gasteiger partial charge in [-0.25, -0.2) is 5.43 Å². The van der Waals surface area contributed by atoms with E-state index in [2.05, 4.69) is 22.4 Å². The van der Waals surface area contributed by atoms with Gasteiger partial charge in [-0.1, -0.05) is 31.9 Å². The molecule has 1 saturated carbocycles. The summed E-state index contributed by atoms with van der Waals surface area (Å²) in [6, 6.07) is 5.53. The number of nitrogens with one attached hydrogen (secondary N) is 2. The Balaban J connectivity index is 1.83. The SMILES string of the molecule is C=CCOc1ccc(C=NNC(=O)CC(=O)NC2CCCCC2)cc1OCC. The summed E-state index contributed by atoms with van der Waals surface area (Å²) in [5.74, 6) is 0.497. The second-order valence-corrected chi connectivity index (χ2v) is 6.61. The maximum absolute atomic E-state index is 11.9. The summed E-state index contributed by atoms with van der Waals surface area (Å²) >= 11 is 0. The Morgan fingerprint density at radius 2 is 1.96 bits per heavy atom. The summed E-state index contributed by atoms with van der Waals surface area (Å²) in [5.41, 5.74) is 3.12. The van der Waals surface area contributed by atoms with Crippen molar-refractivity contribution in [2.45, 2.75) is 51.5 Å². The fraction of sp³-hybridized carbons (Fsp3) is 0.476. The number of nitrogens with zero attached hydrogens (tertiary/aromatic N) is 1. The molecule has 0 spiro atoms. The van der Waals surface area contributed by atoms with Crippen LogP contribution in [0, 0.1) is 0 Å². The maximum Gasteiger partial charge on any atom is 0.249 e. The average molecular weight is 387 g/mol. The fourth-order valence-corrected chi connectivity index (χ4v) is 3.03. The van der Waals surface area contributed by atoms with Gasteiger partial charge >= 0.3 is 0 Å². The molecule has 7 nitrogen and oxygen atoms in total. The summed E-state index contributed by atoms with van der Waals surface area (Å²) in [6.45, 7) is 6.39. The summed E-state index contributed by atoms with van der Waals surface area (Å²) in [4.78, 5) is 23.8. The number of amides is 2. The standard InChI is InChI=1S/C21H29N3O4/c1-3-12-28-18-11-10-16(13-19(18)27-4-2)15-22-24-21(26)14-20(25)23-17-8-6-5-7-9-17/h3,10-11,13,15,17H,1,4-9,12,14H2,2H3,(H,23,25)(H,24,26). The smallest absolute Gasteiger partial charge is 0.249 e. The van der Waals surface area contributed by atoms with Crippen LogP contribution in [0.4, 0.5) is 0 Å². The number of hydrazone groups is 1. The van der Waals surface area contributed by atoms with Crippen LogP contribution in [0.5, 0.6) is 11.5 Å². The molecule has 2 rings (SSSR count). The van der Waals surface area contributed by atoms with E-state index in [0.29, 0.717) is 24.7 Å². The fourth-order valence-electron chi connectivity index (χ4n) is 3.03. The molecule has 0 bridgehead atoms. The minimum Gasteiger partial charge on any atom is -0.490 e. The van der Waals surface area contributed by atoms with Crippen LogP contribution in [0.25, 0.3) is 0 Å². The highest BCUT2D eigenvalue weighted by Gasteiger charge is 2.17. The summed E-state index contributed by atoms with van der Waals surface area (Å²) in [7, 11) is 0. The molecule has 1 aromatic carbocycles. The summed E-state index contributed by atoms with van der Waals surface area (Å²) in [5, 5.41) is 6.83. The Morgan fingerprint density at radius 3 is 2.68 bits per heavy atom. The highest BCUT2D eigenvalue weighted by atomic mass is 16.5. The van der Waals surface area contributed by atoms with Gasteiger partial charge in [0.15, 0.2) is 11.5 Å². The van der Waals surface area contributed by atoms with E-state index in [0.717, 1.165) is 31.2 Å². The first kappa shape index (κ1) is 21.5. The third-order valence-corrected chi connectivity index (χ3v) is 4.32. The van der Waals surface area contributed by atoms with Gasteiger partial charge in [0.05, 0.1) is 12.8 Å². The molecular formula is C21H29N3O4. The van der Waals surface area contributed by atoms with E-state index in [1.54, 1.807) is 24.3 Å². The molecule has 1 aliphatic rings. The molecule has 28 heavy (non-hydrogen) atoms. The van der Waals surface area contributed by atoms with E-state index >= 15 is 0 Å². The molecule has 1 aliphatic carbocycles. The lowest BCUT2D eigenvalue weighted by Crippen LogP contribution is -2.38. The van der Waals surface area contributed by atoms with Crippen molar-refractivity contribution in [3.8, 4) is 11.5 Å². The van der Waals surface area contributed by atoms with Crippen LogP contribution in [0.2, 0.25) is 0 Å². The lowest BCUT2D eigenvalue weighted by Gasteiger charge is -2.22. The quantitative estimate of drug-likeness (QED) is 0.280. The van der Waals surface area contributed by atoms with Crippen LogP contribution in [0.15, 0.2) is 36.0 Å². The molecule has 0 heterocycles. The second kappa shape index (κ2) is 11.8. The molecule has 2 amide bonds. The Hall–Kier alpha value is -2.83. The lowest BCUT2D eigenvalue weighted by molar-refractivity contribution is -0.129. The van der Waals surface area contributed by atoms with Crippen LogP contribution in [0.3, 0.4) is 0 Å². The number of carbonyl (C=O) groups is 2. The van der Waals surface area contributed by atoms with Crippen molar-refractivity contribution in [3.05, 3.63) is 36.4 Å². The van der Waals surface area contributed by atoms with Crippen molar-refractivity contribution in [1.82, 2.24) is 10.7 Å². The van der Waals surface area contributed by atoms with Crippen molar-refractivity contribution in [2.24, 2.45) is 5.10 Å². The first-order valence-electron chi connectivity index (χ1n) is 9.74. The monoisotopic (exact) mass is 387 g/mol. The molecule has 7 heteroatoms. The molecule has 0 atom stereocenters. The normalized spacial score (nSPS) is 14.5. The van der Waals surface area contributed by atoms with Crippen LogP contribution in [-0.4, -0.2) is 37.3 Å². The van der Waals surface area contributed by atoms with Crippen molar-refractivity contribution >= 4 is 18.0 Å². The summed E-state index contributed by atoms with van der Waals surface area (Å²) < 4.78 is 11.1. The van der Waals surface area contributed by atoms with E-state index in [1.165, 1.54) is 12.6 Å². The van der Waals surface area contributed by atoms with Gasteiger partial charge in [0, 0.05) is 6.04 Å². The number of hydrogen-bond donors (Lipinski definition) is 2. The molecule has 2 N–H and O–H groups in total. The molecule has 152 valence electrons. The number of rotatable bonds is 10. The van der Waals surface area contributed by atoms with Gasteiger partial charge in [0.2, 0.25) is 11.8 Å². The van der Waals surface area contributed by atoms with Crippen LogP contribution >= 0.6 is 0 Å². The van der Waals surface area contributed by atoms with Gasteiger partial charge in [0.25, 0.3) is 0 Å². The molecule has 0 radical (unpaired) electrons. The van der Waals surface area contributed by atoms with Crippen molar-refractivity contribution in [2.75, 3.05) is 13.2 Å². The van der Waals surface area contributed by atoms with Crippen molar-refractivity contribution in [1.29, 1.82) is 0 Å². The van der Waals surface area contributed by atoms with Gasteiger partial charge < -0.3 is 14.8 Å². The van der Waals surface area contributed by atoms with E-state index in [9.17, 15) is 9.59 Å². The largest absolute Gasteiger partial charge is 0.490 e. The Morgan fingerprint density at radius 1 is 1.18 bits per heavy atom. The van der Waals surface area contributed by atoms with Crippen LogP contribution in [-0.2, 0) is 9.59 Å². The Kier molecular flexibility index (Phi) is 9.04. The lowest BCUT2D eigenvalue weighted by atomic mass is 9.95. The van der Waals surface area contributed by atoms with E-state index in [1.807, 2.05) is 6.92 Å². The van der Waals surface area contributed by atoms with Gasteiger partial charge in [-0.05, 0) is 43.5 Å². The van der Waals surface area contributed by atoms with Crippen molar-refractivity contribution in [3.63, 3.8) is 0 Å². The number of benzene rings is 1. The predicted octanol–water partition coefficient (Wildman–Crippen LogP) is 2.94. The number of hydrogen-bond acceptors (Lipinski definition) is 5. The van der Waals surface area contributed by atoms with E-state index < -0.39 is 5.91 Å². The van der Waals surface area contributed by atoms with Gasteiger partial charge in [-0.3, -0.25) is 9.59 Å². The molecule has 0 saturated heterocycles. The maximum atomic E-state index is 11.9. The zero-order valence-corrected chi connectivity index (χ0v) is 16.4. The highest BCUT2D eigenvalue weighted by Crippen LogP contribution is 2.28. The minimum absolute atomic E-state index is 0.191. The van der Waals surface area contributed by atoms with Gasteiger partial charge in [-0.2, -0.15) is 5.10 Å². The molecule has 0 unspecified atom stereocenters. The zero-order valence-electron chi connectivity index (χ0n) is 16.4. The second-order valence-electron chi connectivity index (χ2n) is 6.61. The van der Waals surface area contributed by atoms with Crippen LogP contribution in [0.1, 0.15) is 51.0 Å².